The van der Waals surface area contributed by atoms with Gasteiger partial charge in [0.25, 0.3) is 5.91 Å². The van der Waals surface area contributed by atoms with Crippen LogP contribution in [0, 0.1) is 0 Å². The third kappa shape index (κ3) is 5.47. The summed E-state index contributed by atoms with van der Waals surface area (Å²) in [6.45, 7) is 0.674. The molecule has 0 aliphatic carbocycles. The fraction of sp³-hybridized carbons (Fsp3) is 0.182. The molecule has 0 radical (unpaired) electrons. The Kier molecular flexibility index (Phi) is 6.87. The Hall–Kier alpha value is -3.05. The molecule has 5 nitrogen and oxygen atoms in total. The minimum absolute atomic E-state index is 0.132. The molecule has 0 saturated carbocycles. The van der Waals surface area contributed by atoms with Crippen LogP contribution in [0.1, 0.15) is 27.6 Å². The van der Waals surface area contributed by atoms with Gasteiger partial charge in [0.05, 0.1) is 12.2 Å². The largest absolute Gasteiger partial charge is 0.469 e. The molecule has 0 bridgehead atoms. The number of rotatable bonds is 8. The Labute approximate surface area is 168 Å². The maximum Gasteiger partial charge on any atom is 0.251 e. The van der Waals surface area contributed by atoms with Crippen LogP contribution in [0.15, 0.2) is 77.4 Å². The van der Waals surface area contributed by atoms with E-state index >= 15 is 0 Å². The van der Waals surface area contributed by atoms with Gasteiger partial charge in [-0.05, 0) is 42.0 Å². The molecule has 2 N–H and O–H groups in total. The molecule has 0 saturated heterocycles. The third-order valence-electron chi connectivity index (χ3n) is 4.32. The molecule has 2 amide bonds. The minimum Gasteiger partial charge on any atom is -0.469 e. The molecule has 0 aliphatic rings. The predicted molar refractivity (Wildman–Crippen MR) is 108 cm³/mol. The van der Waals surface area contributed by atoms with Gasteiger partial charge in [0.2, 0.25) is 5.91 Å². The van der Waals surface area contributed by atoms with Gasteiger partial charge < -0.3 is 15.1 Å². The van der Waals surface area contributed by atoms with Gasteiger partial charge in [-0.1, -0.05) is 41.9 Å². The molecule has 6 heteroatoms. The van der Waals surface area contributed by atoms with Gasteiger partial charge in [0.1, 0.15) is 5.76 Å². The van der Waals surface area contributed by atoms with Crippen molar-refractivity contribution in [2.24, 2.45) is 0 Å². The Morgan fingerprint density at radius 2 is 1.61 bits per heavy atom. The first kappa shape index (κ1) is 19.7. The lowest BCUT2D eigenvalue weighted by molar-refractivity contribution is -0.122. The smallest absolute Gasteiger partial charge is 0.251 e. The number of carbonyl (C=O) groups is 2. The summed E-state index contributed by atoms with van der Waals surface area (Å²) in [5, 5.41) is 6.30. The average molecular weight is 397 g/mol. The molecule has 1 atom stereocenters. The van der Waals surface area contributed by atoms with Crippen molar-refractivity contribution in [2.75, 3.05) is 13.1 Å². The molecule has 3 aromatic rings. The lowest BCUT2D eigenvalue weighted by atomic mass is 9.93. The summed E-state index contributed by atoms with van der Waals surface area (Å²) in [6, 6.07) is 19.8. The zero-order chi connectivity index (χ0) is 19.8. The van der Waals surface area contributed by atoms with Gasteiger partial charge in [0, 0.05) is 30.1 Å². The monoisotopic (exact) mass is 396 g/mol. The van der Waals surface area contributed by atoms with Gasteiger partial charge in [-0.3, -0.25) is 9.59 Å². The first-order chi connectivity index (χ1) is 13.6. The Balaban J connectivity index is 1.56. The summed E-state index contributed by atoms with van der Waals surface area (Å²) < 4.78 is 5.40. The van der Waals surface area contributed by atoms with Crippen molar-refractivity contribution in [1.82, 2.24) is 10.6 Å². The van der Waals surface area contributed by atoms with Crippen LogP contribution in [0.2, 0.25) is 5.02 Å². The molecule has 0 aliphatic heterocycles. The molecule has 2 aromatic carbocycles. The molecule has 1 heterocycles. The third-order valence-corrected chi connectivity index (χ3v) is 4.57. The van der Waals surface area contributed by atoms with Crippen LogP contribution in [0.4, 0.5) is 0 Å². The number of carbonyl (C=O) groups excluding carboxylic acids is 2. The molecule has 3 rings (SSSR count). The summed E-state index contributed by atoms with van der Waals surface area (Å²) in [5.41, 5.74) is 1.44. The van der Waals surface area contributed by atoms with Crippen molar-refractivity contribution in [1.29, 1.82) is 0 Å². The first-order valence-corrected chi connectivity index (χ1v) is 9.40. The van der Waals surface area contributed by atoms with E-state index in [4.69, 9.17) is 16.0 Å². The fourth-order valence-electron chi connectivity index (χ4n) is 2.86. The van der Waals surface area contributed by atoms with Gasteiger partial charge in [-0.2, -0.15) is 0 Å². The van der Waals surface area contributed by atoms with Crippen LogP contribution < -0.4 is 10.6 Å². The van der Waals surface area contributed by atoms with Gasteiger partial charge in [-0.25, -0.2) is 0 Å². The fourth-order valence-corrected chi connectivity index (χ4v) is 2.99. The van der Waals surface area contributed by atoms with Crippen molar-refractivity contribution < 1.29 is 14.0 Å². The van der Waals surface area contributed by atoms with Crippen molar-refractivity contribution in [3.8, 4) is 0 Å². The Morgan fingerprint density at radius 1 is 0.893 bits per heavy atom. The van der Waals surface area contributed by atoms with E-state index in [1.165, 1.54) is 0 Å². The van der Waals surface area contributed by atoms with Crippen molar-refractivity contribution in [3.05, 3.63) is 94.9 Å². The van der Waals surface area contributed by atoms with E-state index in [2.05, 4.69) is 10.6 Å². The number of hydrogen-bond donors (Lipinski definition) is 2. The molecular formula is C22H21ClN2O3. The lowest BCUT2D eigenvalue weighted by Gasteiger charge is -2.17. The van der Waals surface area contributed by atoms with Gasteiger partial charge >= 0.3 is 0 Å². The second-order valence-corrected chi connectivity index (χ2v) is 6.74. The Morgan fingerprint density at radius 3 is 2.29 bits per heavy atom. The number of halogens is 1. The minimum atomic E-state index is -0.409. The van der Waals surface area contributed by atoms with E-state index in [1.54, 1.807) is 36.6 Å². The Bertz CT molecular complexity index is 893. The molecule has 1 aromatic heterocycles. The van der Waals surface area contributed by atoms with E-state index in [0.29, 0.717) is 30.1 Å². The van der Waals surface area contributed by atoms with Crippen LogP contribution in [-0.2, 0) is 11.2 Å². The summed E-state index contributed by atoms with van der Waals surface area (Å²) in [5.74, 6) is 0.0214. The highest BCUT2D eigenvalue weighted by Crippen LogP contribution is 2.23. The summed E-state index contributed by atoms with van der Waals surface area (Å²) >= 11 is 5.96. The van der Waals surface area contributed by atoms with Crippen molar-refractivity contribution in [3.63, 3.8) is 0 Å². The van der Waals surface area contributed by atoms with Crippen LogP contribution in [-0.4, -0.2) is 24.9 Å². The number of amides is 2. The maximum absolute atomic E-state index is 12.8. The van der Waals surface area contributed by atoms with E-state index in [9.17, 15) is 9.59 Å². The van der Waals surface area contributed by atoms with E-state index in [-0.39, 0.29) is 11.8 Å². The zero-order valence-corrected chi connectivity index (χ0v) is 16.0. The SMILES string of the molecule is O=C(NCCNC(=O)C(Cc1ccco1)c1ccc(Cl)cc1)c1ccccc1. The molecule has 0 fully saturated rings. The van der Waals surface area contributed by atoms with E-state index in [0.717, 1.165) is 11.3 Å². The standard InChI is InChI=1S/C22H21ClN2O3/c23-18-10-8-16(9-11-18)20(15-19-7-4-14-28-19)22(27)25-13-12-24-21(26)17-5-2-1-3-6-17/h1-11,14,20H,12-13,15H2,(H,24,26)(H,25,27). The zero-order valence-electron chi connectivity index (χ0n) is 15.2. The van der Waals surface area contributed by atoms with Crippen molar-refractivity contribution >= 4 is 23.4 Å². The average Bonchev–Trinajstić information content (AvgIpc) is 3.24. The molecule has 0 spiro atoms. The quantitative estimate of drug-likeness (QED) is 0.569. The number of furan rings is 1. The van der Waals surface area contributed by atoms with Crippen molar-refractivity contribution in [2.45, 2.75) is 12.3 Å². The highest BCUT2D eigenvalue weighted by molar-refractivity contribution is 6.30. The molecular weight excluding hydrogens is 376 g/mol. The number of nitrogens with one attached hydrogen (secondary N) is 2. The second-order valence-electron chi connectivity index (χ2n) is 6.30. The summed E-state index contributed by atoms with van der Waals surface area (Å²) in [7, 11) is 0. The van der Waals surface area contributed by atoms with Gasteiger partial charge in [0.15, 0.2) is 0 Å². The second kappa shape index (κ2) is 9.76. The predicted octanol–water partition coefficient (Wildman–Crippen LogP) is 3.81. The maximum atomic E-state index is 12.8. The molecule has 1 unspecified atom stereocenters. The molecule has 144 valence electrons. The van der Waals surface area contributed by atoms with Gasteiger partial charge in [-0.15, -0.1) is 0 Å². The van der Waals surface area contributed by atoms with Crippen LogP contribution in [0.3, 0.4) is 0 Å². The van der Waals surface area contributed by atoms with E-state index in [1.807, 2.05) is 36.4 Å². The highest BCUT2D eigenvalue weighted by Gasteiger charge is 2.22. The topological polar surface area (TPSA) is 71.3 Å². The highest BCUT2D eigenvalue weighted by atomic mass is 35.5. The van der Waals surface area contributed by atoms with Crippen LogP contribution in [0.25, 0.3) is 0 Å². The van der Waals surface area contributed by atoms with Crippen LogP contribution in [0.5, 0.6) is 0 Å². The van der Waals surface area contributed by atoms with Crippen LogP contribution >= 0.6 is 11.6 Å². The summed E-state index contributed by atoms with van der Waals surface area (Å²) in [6.07, 6.45) is 2.03. The van der Waals surface area contributed by atoms with E-state index < -0.39 is 5.92 Å². The number of hydrogen-bond acceptors (Lipinski definition) is 3. The first-order valence-electron chi connectivity index (χ1n) is 9.02. The number of benzene rings is 2. The summed E-state index contributed by atoms with van der Waals surface area (Å²) in [4.78, 5) is 24.8. The molecule has 28 heavy (non-hydrogen) atoms. The normalized spacial score (nSPS) is 11.6. The lowest BCUT2D eigenvalue weighted by Crippen LogP contribution is -2.37.